The molecular weight excluding hydrogens is 327 g/mol. The minimum atomic E-state index is -4.88. The van der Waals surface area contributed by atoms with Crippen LogP contribution in [0, 0.1) is 0 Å². The number of amides is 1. The van der Waals surface area contributed by atoms with Crippen LogP contribution in [0.2, 0.25) is 0 Å². The third kappa shape index (κ3) is 4.83. The van der Waals surface area contributed by atoms with Gasteiger partial charge in [0.05, 0.1) is 12.0 Å². The minimum Gasteiger partial charge on any atom is -0.404 e. The van der Waals surface area contributed by atoms with E-state index in [4.69, 9.17) is 0 Å². The highest BCUT2D eigenvalue weighted by molar-refractivity contribution is 5.92. The van der Waals surface area contributed by atoms with Gasteiger partial charge in [-0.15, -0.1) is 13.2 Å². The quantitative estimate of drug-likeness (QED) is 0.906. The lowest BCUT2D eigenvalue weighted by Crippen LogP contribution is -2.28. The Hall–Kier alpha value is -2.84. The van der Waals surface area contributed by atoms with E-state index in [-0.39, 0.29) is 12.2 Å². The Labute approximate surface area is 134 Å². The van der Waals surface area contributed by atoms with Crippen LogP contribution < -0.4 is 15.6 Å². The van der Waals surface area contributed by atoms with Crippen LogP contribution in [0.15, 0.2) is 41.5 Å². The number of carbonyl (C=O) groups is 1. The number of para-hydroxylation sites is 2. The largest absolute Gasteiger partial charge is 0.573 e. The highest BCUT2D eigenvalue weighted by Gasteiger charge is 2.32. The van der Waals surface area contributed by atoms with Crippen molar-refractivity contribution < 1.29 is 22.7 Å². The van der Waals surface area contributed by atoms with Crippen LogP contribution in [0.1, 0.15) is 12.6 Å². The number of aryl methyl sites for hydroxylation is 1. The molecule has 0 saturated carbocycles. The van der Waals surface area contributed by atoms with Crippen LogP contribution in [0.5, 0.6) is 5.75 Å². The summed E-state index contributed by atoms with van der Waals surface area (Å²) >= 11 is 0. The Morgan fingerprint density at radius 1 is 1.33 bits per heavy atom. The van der Waals surface area contributed by atoms with Gasteiger partial charge in [0.1, 0.15) is 6.54 Å². The molecule has 1 heterocycles. The predicted molar refractivity (Wildman–Crippen MR) is 79.6 cm³/mol. The number of benzene rings is 1. The molecule has 0 radical (unpaired) electrons. The van der Waals surface area contributed by atoms with Crippen molar-refractivity contribution in [2.75, 3.05) is 5.32 Å². The molecule has 0 aliphatic carbocycles. The monoisotopic (exact) mass is 341 g/mol. The van der Waals surface area contributed by atoms with Crippen LogP contribution >= 0.6 is 0 Å². The molecule has 1 aromatic carbocycles. The Kier molecular flexibility index (Phi) is 5.22. The van der Waals surface area contributed by atoms with Crippen molar-refractivity contribution in [2.45, 2.75) is 26.3 Å². The molecule has 6 nitrogen and oxygen atoms in total. The standard InChI is InChI=1S/C15H14F3N3O3/c1-2-10-7-14(23)21(9-19-10)8-13(22)20-11-5-3-4-6-12(11)24-15(16,17)18/h3-7,9H,2,8H2,1H3,(H,20,22). The maximum atomic E-state index is 12.3. The molecule has 0 saturated heterocycles. The van der Waals surface area contributed by atoms with Gasteiger partial charge in [-0.1, -0.05) is 19.1 Å². The number of ether oxygens (including phenoxy) is 1. The molecule has 2 rings (SSSR count). The average Bonchev–Trinajstić information content (AvgIpc) is 2.50. The first-order valence-electron chi connectivity index (χ1n) is 6.98. The van der Waals surface area contributed by atoms with Crippen molar-refractivity contribution in [3.63, 3.8) is 0 Å². The number of alkyl halides is 3. The maximum Gasteiger partial charge on any atom is 0.573 e. The van der Waals surface area contributed by atoms with E-state index < -0.39 is 23.6 Å². The molecule has 2 aromatic rings. The Balaban J connectivity index is 2.12. The van der Waals surface area contributed by atoms with E-state index in [1.165, 1.54) is 30.6 Å². The van der Waals surface area contributed by atoms with E-state index in [0.717, 1.165) is 10.6 Å². The van der Waals surface area contributed by atoms with Gasteiger partial charge in [0.25, 0.3) is 5.56 Å². The number of carbonyl (C=O) groups excluding carboxylic acids is 1. The highest BCUT2D eigenvalue weighted by atomic mass is 19.4. The van der Waals surface area contributed by atoms with Crippen molar-refractivity contribution in [2.24, 2.45) is 0 Å². The molecule has 0 fully saturated rings. The molecule has 1 N–H and O–H groups in total. The second-order valence-corrected chi connectivity index (χ2v) is 4.79. The second-order valence-electron chi connectivity index (χ2n) is 4.79. The predicted octanol–water partition coefficient (Wildman–Crippen LogP) is 2.34. The lowest BCUT2D eigenvalue weighted by molar-refractivity contribution is -0.274. The molecule has 0 spiro atoms. The van der Waals surface area contributed by atoms with Crippen LogP contribution in [-0.4, -0.2) is 21.8 Å². The summed E-state index contributed by atoms with van der Waals surface area (Å²) in [7, 11) is 0. The number of rotatable bonds is 5. The first-order valence-corrected chi connectivity index (χ1v) is 6.98. The van der Waals surface area contributed by atoms with E-state index in [1.807, 2.05) is 6.92 Å². The number of nitrogens with zero attached hydrogens (tertiary/aromatic N) is 2. The number of hydrogen-bond acceptors (Lipinski definition) is 4. The van der Waals surface area contributed by atoms with E-state index in [9.17, 15) is 22.8 Å². The third-order valence-electron chi connectivity index (χ3n) is 3.00. The van der Waals surface area contributed by atoms with Gasteiger partial charge in [-0.05, 0) is 18.6 Å². The van der Waals surface area contributed by atoms with Crippen molar-refractivity contribution >= 4 is 11.6 Å². The molecule has 9 heteroatoms. The summed E-state index contributed by atoms with van der Waals surface area (Å²) in [6.45, 7) is 1.45. The van der Waals surface area contributed by atoms with E-state index >= 15 is 0 Å². The molecular formula is C15H14F3N3O3. The SMILES string of the molecule is CCc1cc(=O)n(CC(=O)Nc2ccccc2OC(F)(F)F)cn1. The number of hydrogen-bond donors (Lipinski definition) is 1. The zero-order valence-corrected chi connectivity index (χ0v) is 12.6. The maximum absolute atomic E-state index is 12.3. The van der Waals surface area contributed by atoms with Gasteiger partial charge < -0.3 is 10.1 Å². The van der Waals surface area contributed by atoms with Gasteiger partial charge in [0.2, 0.25) is 5.91 Å². The van der Waals surface area contributed by atoms with Gasteiger partial charge in [0.15, 0.2) is 5.75 Å². The molecule has 0 bridgehead atoms. The number of halogens is 3. The van der Waals surface area contributed by atoms with E-state index in [0.29, 0.717) is 12.1 Å². The Morgan fingerprint density at radius 2 is 2.04 bits per heavy atom. The molecule has 1 aromatic heterocycles. The molecule has 0 unspecified atom stereocenters. The van der Waals surface area contributed by atoms with Gasteiger partial charge >= 0.3 is 6.36 Å². The lowest BCUT2D eigenvalue weighted by Gasteiger charge is -2.14. The first-order chi connectivity index (χ1) is 11.3. The summed E-state index contributed by atoms with van der Waals surface area (Å²) < 4.78 is 41.9. The summed E-state index contributed by atoms with van der Waals surface area (Å²) in [6.07, 6.45) is -3.08. The summed E-state index contributed by atoms with van der Waals surface area (Å²) in [6, 6.07) is 6.43. The Morgan fingerprint density at radius 3 is 2.67 bits per heavy atom. The van der Waals surface area contributed by atoms with Crippen LogP contribution in [0.4, 0.5) is 18.9 Å². The zero-order chi connectivity index (χ0) is 17.7. The molecule has 128 valence electrons. The van der Waals surface area contributed by atoms with Gasteiger partial charge in [-0.3, -0.25) is 14.2 Å². The number of anilines is 1. The third-order valence-corrected chi connectivity index (χ3v) is 3.00. The normalized spacial score (nSPS) is 11.2. The fourth-order valence-corrected chi connectivity index (χ4v) is 1.90. The first kappa shape index (κ1) is 17.5. The van der Waals surface area contributed by atoms with Crippen molar-refractivity contribution in [3.05, 3.63) is 52.7 Å². The van der Waals surface area contributed by atoms with Crippen LogP contribution in [-0.2, 0) is 17.8 Å². The summed E-state index contributed by atoms with van der Waals surface area (Å²) in [4.78, 5) is 27.8. The van der Waals surface area contributed by atoms with Gasteiger partial charge in [0, 0.05) is 11.8 Å². The Bertz CT molecular complexity index is 787. The smallest absolute Gasteiger partial charge is 0.404 e. The molecule has 24 heavy (non-hydrogen) atoms. The second kappa shape index (κ2) is 7.16. The summed E-state index contributed by atoms with van der Waals surface area (Å²) in [5, 5.41) is 2.29. The minimum absolute atomic E-state index is 0.147. The number of aromatic nitrogens is 2. The zero-order valence-electron chi connectivity index (χ0n) is 12.6. The van der Waals surface area contributed by atoms with Gasteiger partial charge in [-0.25, -0.2) is 4.98 Å². The summed E-state index contributed by atoms with van der Waals surface area (Å²) in [5.74, 6) is -1.22. The van der Waals surface area contributed by atoms with E-state index in [1.54, 1.807) is 0 Å². The van der Waals surface area contributed by atoms with Gasteiger partial charge in [-0.2, -0.15) is 0 Å². The molecule has 0 aliphatic rings. The van der Waals surface area contributed by atoms with Crippen LogP contribution in [0.3, 0.4) is 0 Å². The lowest BCUT2D eigenvalue weighted by atomic mass is 10.3. The fraction of sp³-hybridized carbons (Fsp3) is 0.267. The van der Waals surface area contributed by atoms with Crippen molar-refractivity contribution in [1.29, 1.82) is 0 Å². The molecule has 0 atom stereocenters. The van der Waals surface area contributed by atoms with Crippen molar-refractivity contribution in [1.82, 2.24) is 9.55 Å². The van der Waals surface area contributed by atoms with Crippen LogP contribution in [0.25, 0.3) is 0 Å². The summed E-state index contributed by atoms with van der Waals surface area (Å²) in [5.41, 5.74) is 0.0171. The molecule has 1 amide bonds. The average molecular weight is 341 g/mol. The topological polar surface area (TPSA) is 73.2 Å². The number of nitrogens with one attached hydrogen (secondary N) is 1. The van der Waals surface area contributed by atoms with Crippen molar-refractivity contribution in [3.8, 4) is 5.75 Å². The molecule has 0 aliphatic heterocycles. The fourth-order valence-electron chi connectivity index (χ4n) is 1.90. The highest BCUT2D eigenvalue weighted by Crippen LogP contribution is 2.29. The van der Waals surface area contributed by atoms with E-state index in [2.05, 4.69) is 15.0 Å².